The van der Waals surface area contributed by atoms with Crippen molar-refractivity contribution in [3.8, 4) is 69.0 Å². The minimum absolute atomic E-state index is 0.0580. The average molecular weight is 1720 g/mol. The number of aromatic hydroxyl groups is 4. The molecular formula is C85H129N3O33. The lowest BCUT2D eigenvalue weighted by atomic mass is 9.75. The number of hydrogen-bond acceptors (Lipinski definition) is 33. The molecule has 0 bridgehead atoms. The first kappa shape index (κ1) is 103. The second-order valence-electron chi connectivity index (χ2n) is 26.5. The Balaban J connectivity index is 1.58. The minimum atomic E-state index is -1.12. The highest BCUT2D eigenvalue weighted by atomic mass is 16.6. The zero-order valence-corrected chi connectivity index (χ0v) is 70.7. The van der Waals surface area contributed by atoms with Gasteiger partial charge in [0, 0.05) is 59.6 Å². The third kappa shape index (κ3) is 43.3. The summed E-state index contributed by atoms with van der Waals surface area (Å²) in [5.74, 6) is -1.48. The van der Waals surface area contributed by atoms with Crippen molar-refractivity contribution >= 4 is 17.7 Å². The zero-order valence-electron chi connectivity index (χ0n) is 70.7. The molecule has 0 aliphatic carbocycles. The van der Waals surface area contributed by atoms with Crippen molar-refractivity contribution in [3.05, 3.63) is 107 Å². The van der Waals surface area contributed by atoms with Gasteiger partial charge in [-0.05, 0) is 109 Å². The van der Waals surface area contributed by atoms with E-state index in [0.717, 1.165) is 0 Å². The van der Waals surface area contributed by atoms with E-state index in [2.05, 4.69) is 16.0 Å². The molecule has 5 aromatic carbocycles. The number of phenolic OH excluding ortho intramolecular Hbond substituents is 4. The molecule has 682 valence electrons. The molecule has 36 heteroatoms. The molecule has 0 heterocycles. The summed E-state index contributed by atoms with van der Waals surface area (Å²) in [6.45, 7) is 10.2. The normalized spacial score (nSPS) is 11.4. The number of rotatable bonds is 78. The predicted molar refractivity (Wildman–Crippen MR) is 440 cm³/mol. The van der Waals surface area contributed by atoms with E-state index in [4.69, 9.17) is 114 Å². The number of ether oxygens (including phenoxy) is 24. The first-order chi connectivity index (χ1) is 59.2. The van der Waals surface area contributed by atoms with E-state index in [1.165, 1.54) is 36.4 Å². The zero-order chi connectivity index (χ0) is 86.9. The van der Waals surface area contributed by atoms with E-state index >= 15 is 4.79 Å². The van der Waals surface area contributed by atoms with Gasteiger partial charge in [0.05, 0.1) is 209 Å². The molecule has 0 saturated carbocycles. The number of carbonyl (C=O) groups is 3. The third-order valence-electron chi connectivity index (χ3n) is 17.6. The van der Waals surface area contributed by atoms with Crippen LogP contribution >= 0.6 is 0 Å². The molecule has 0 saturated heterocycles. The largest absolute Gasteiger partial charge is 0.504 e. The van der Waals surface area contributed by atoms with Crippen LogP contribution in [-0.4, -0.2) is 328 Å². The molecule has 0 atom stereocenters. The van der Waals surface area contributed by atoms with Crippen LogP contribution in [0.25, 0.3) is 0 Å². The van der Waals surface area contributed by atoms with Gasteiger partial charge in [0.1, 0.15) is 64.4 Å². The van der Waals surface area contributed by atoms with E-state index in [1.807, 2.05) is 6.92 Å². The van der Waals surface area contributed by atoms with Crippen molar-refractivity contribution in [1.29, 1.82) is 0 Å². The monoisotopic (exact) mass is 1720 g/mol. The van der Waals surface area contributed by atoms with Gasteiger partial charge >= 0.3 is 0 Å². The van der Waals surface area contributed by atoms with Gasteiger partial charge < -0.3 is 160 Å². The third-order valence-corrected chi connectivity index (χ3v) is 17.6. The number of aliphatic hydroxyl groups excluding tert-OH is 2. The molecule has 3 amide bonds. The average Bonchev–Trinajstić information content (AvgIpc) is 0.821. The Bertz CT molecular complexity index is 3430. The van der Waals surface area contributed by atoms with E-state index in [0.29, 0.717) is 145 Å². The van der Waals surface area contributed by atoms with E-state index in [1.54, 1.807) is 70.9 Å². The minimum Gasteiger partial charge on any atom is -0.504 e. The second kappa shape index (κ2) is 66.0. The molecule has 121 heavy (non-hydrogen) atoms. The first-order valence-corrected chi connectivity index (χ1v) is 40.7. The molecular weight excluding hydrogens is 1590 g/mol. The molecule has 0 aliphatic rings. The molecule has 5 aromatic rings. The number of para-hydroxylation sites is 2. The highest BCUT2D eigenvalue weighted by Crippen LogP contribution is 2.42. The summed E-state index contributed by atoms with van der Waals surface area (Å²) in [4.78, 5) is 41.9. The van der Waals surface area contributed by atoms with Gasteiger partial charge in [-0.1, -0.05) is 19.1 Å². The van der Waals surface area contributed by atoms with Gasteiger partial charge in [-0.25, -0.2) is 0 Å². The molecule has 36 nitrogen and oxygen atoms in total. The van der Waals surface area contributed by atoms with Crippen molar-refractivity contribution < 1.29 is 159 Å². The quantitative estimate of drug-likeness (QED) is 0.0156. The summed E-state index contributed by atoms with van der Waals surface area (Å²) < 4.78 is 141. The van der Waals surface area contributed by atoms with Crippen LogP contribution in [0.15, 0.2) is 78.9 Å². The number of methoxy groups -OCH3 is 4. The summed E-state index contributed by atoms with van der Waals surface area (Å²) in [5, 5.41) is 68.5. The molecule has 9 N–H and O–H groups in total. The van der Waals surface area contributed by atoms with Crippen molar-refractivity contribution in [2.24, 2.45) is 5.41 Å². The predicted octanol–water partition coefficient (Wildman–Crippen LogP) is 6.14. The van der Waals surface area contributed by atoms with Crippen LogP contribution in [-0.2, 0) is 100 Å². The number of benzene rings is 5. The second-order valence-corrected chi connectivity index (χ2v) is 26.5. The maximum absolute atomic E-state index is 15.3. The van der Waals surface area contributed by atoms with Crippen LogP contribution in [0.2, 0.25) is 0 Å². The van der Waals surface area contributed by atoms with Crippen LogP contribution in [0, 0.1) is 5.41 Å². The Morgan fingerprint density at radius 1 is 0.331 bits per heavy atom. The SMILES string of the molecule is CCC(CCCNC(=O)c1cccc(O)c1O)(CCCNC(=O)c1cccc(O)c1O)C(=O)NCc1cc(OCc2cc(OCCOCCOCCO)c(OCCOCCOCCO)c(OCCOCCOCCOC)c2)cc(OCc2cc(OCCOCCOCCOC)c(OCCOCCOCCOC)c(OCCOCCOCCOC)c2)c1. The smallest absolute Gasteiger partial charge is 0.255 e. The summed E-state index contributed by atoms with van der Waals surface area (Å²) in [5.41, 5.74) is 0.260. The van der Waals surface area contributed by atoms with Crippen LogP contribution < -0.4 is 53.8 Å². The van der Waals surface area contributed by atoms with Crippen molar-refractivity contribution in [1.82, 2.24) is 16.0 Å². The van der Waals surface area contributed by atoms with E-state index < -0.39 is 40.2 Å². The number of nitrogens with one attached hydrogen (secondary N) is 3. The summed E-state index contributed by atoms with van der Waals surface area (Å²) in [6.07, 6.45) is 1.32. The Hall–Kier alpha value is -8.61. The maximum Gasteiger partial charge on any atom is 0.255 e. The maximum atomic E-state index is 15.3. The first-order valence-electron chi connectivity index (χ1n) is 40.7. The lowest BCUT2D eigenvalue weighted by Crippen LogP contribution is -2.41. The van der Waals surface area contributed by atoms with Crippen molar-refractivity contribution in [2.45, 2.75) is 58.8 Å². The number of hydrogen-bond donors (Lipinski definition) is 9. The van der Waals surface area contributed by atoms with Gasteiger partial charge in [-0.15, -0.1) is 0 Å². The van der Waals surface area contributed by atoms with Crippen molar-refractivity contribution in [3.63, 3.8) is 0 Å². The van der Waals surface area contributed by atoms with Gasteiger partial charge in [-0.2, -0.15) is 0 Å². The Morgan fingerprint density at radius 2 is 0.620 bits per heavy atom. The standard InChI is InChI=1S/C85H129N3O33/c1-6-85(15-9-17-86-82(95)70-11-7-13-72(91)78(70)93,16-10-18-87-83(96)71-12-8-14-73(92)79(71)94)84(97)88-62-65-55-68(120-63-66-57-74(114-49-43-108-33-31-102-21-19-89)80(118-53-47-112-34-32-103-22-20-90)75(58-66)115-50-44-109-39-35-104-27-23-98-2)61-69(56-65)121-64-67-59-76(116-51-45-110-40-36-105-28-24-99-3)81(119-54-48-113-42-38-107-30-26-101-5)77(60-67)117-52-46-111-41-37-106-29-25-100-4/h7-8,11-14,55-61,89-94H,6,9-10,15-54,62-64H2,1-5H3,(H,86,95)(H,87,96)(H,88,97). The highest BCUT2D eigenvalue weighted by molar-refractivity contribution is 5.98. The van der Waals surface area contributed by atoms with Gasteiger partial charge in [-0.3, -0.25) is 14.4 Å². The Morgan fingerprint density at radius 3 is 0.917 bits per heavy atom. The lowest BCUT2D eigenvalue weighted by molar-refractivity contribution is -0.132. The fourth-order valence-electron chi connectivity index (χ4n) is 11.4. The fourth-order valence-corrected chi connectivity index (χ4v) is 11.4. The molecule has 0 fully saturated rings. The van der Waals surface area contributed by atoms with Crippen LogP contribution in [0.3, 0.4) is 0 Å². The molecule has 0 aromatic heterocycles. The highest BCUT2D eigenvalue weighted by Gasteiger charge is 2.36. The number of carbonyl (C=O) groups excluding carboxylic acids is 3. The van der Waals surface area contributed by atoms with E-state index in [9.17, 15) is 40.2 Å². The van der Waals surface area contributed by atoms with Crippen LogP contribution in [0.4, 0.5) is 0 Å². The molecule has 5 rings (SSSR count). The van der Waals surface area contributed by atoms with Crippen LogP contribution in [0.5, 0.6) is 69.0 Å². The Labute approximate surface area is 708 Å². The van der Waals surface area contributed by atoms with E-state index in [-0.39, 0.29) is 237 Å². The number of aliphatic hydroxyl groups is 2. The lowest BCUT2D eigenvalue weighted by Gasteiger charge is -2.32. The summed E-state index contributed by atoms with van der Waals surface area (Å²) in [7, 11) is 6.38. The molecule has 0 spiro atoms. The number of phenols is 4. The summed E-state index contributed by atoms with van der Waals surface area (Å²) in [6, 6.07) is 20.3. The molecule has 0 unspecified atom stereocenters. The van der Waals surface area contributed by atoms with Crippen LogP contribution in [0.1, 0.15) is 76.4 Å². The summed E-state index contributed by atoms with van der Waals surface area (Å²) >= 11 is 0. The molecule has 0 radical (unpaired) electrons. The fraction of sp³-hybridized carbons (Fsp3) is 0.612. The Kier molecular flexibility index (Phi) is 56.2. The van der Waals surface area contributed by atoms with Crippen molar-refractivity contribution in [2.75, 3.05) is 279 Å². The topological polar surface area (TPSA) is 430 Å². The van der Waals surface area contributed by atoms with Gasteiger partial charge in [0.25, 0.3) is 11.8 Å². The van der Waals surface area contributed by atoms with Gasteiger partial charge in [0.15, 0.2) is 46.0 Å². The molecule has 0 aliphatic heterocycles. The van der Waals surface area contributed by atoms with Gasteiger partial charge in [0.2, 0.25) is 17.4 Å². The number of amides is 3.